The smallest absolute Gasteiger partial charge is 0.313 e. The van der Waals surface area contributed by atoms with Crippen LogP contribution in [0.25, 0.3) is 0 Å². The number of carbonyl (C=O) groups is 1. The molecule has 0 spiro atoms. The summed E-state index contributed by atoms with van der Waals surface area (Å²) in [6.45, 7) is 0.441. The normalized spacial score (nSPS) is 18.1. The molecule has 1 aliphatic heterocycles. The second-order valence-electron chi connectivity index (χ2n) is 6.97. The van der Waals surface area contributed by atoms with Crippen LogP contribution in [0.1, 0.15) is 16.8 Å². The Labute approximate surface area is 190 Å². The van der Waals surface area contributed by atoms with Crippen molar-refractivity contribution in [2.75, 3.05) is 27.2 Å². The summed E-state index contributed by atoms with van der Waals surface area (Å²) in [5.74, 6) is -0.250. The van der Waals surface area contributed by atoms with Gasteiger partial charge in [-0.25, -0.2) is 0 Å². The molecule has 1 fully saturated rings. The van der Waals surface area contributed by atoms with Gasteiger partial charge in [-0.3, -0.25) is 9.78 Å². The van der Waals surface area contributed by atoms with E-state index < -0.39 is 16.3 Å². The first-order chi connectivity index (χ1) is 14.8. The largest absolute Gasteiger partial charge is 0.355 e. The predicted molar refractivity (Wildman–Crippen MR) is 126 cm³/mol. The van der Waals surface area contributed by atoms with Crippen LogP contribution in [0, 0.1) is 0 Å². The third-order valence-corrected chi connectivity index (χ3v) is 7.17. The van der Waals surface area contributed by atoms with E-state index in [9.17, 15) is 13.6 Å². The van der Waals surface area contributed by atoms with Crippen LogP contribution in [0.2, 0.25) is 10.0 Å². The van der Waals surface area contributed by atoms with Gasteiger partial charge in [-0.2, -0.15) is 8.86 Å². The average Bonchev–Trinajstić information content (AvgIpc) is 3.07. The van der Waals surface area contributed by atoms with Crippen LogP contribution in [-0.2, 0) is 14.6 Å². The number of hydrogen-bond acceptors (Lipinski definition) is 4. The van der Waals surface area contributed by atoms with Crippen molar-refractivity contribution in [2.24, 2.45) is 0 Å². The fourth-order valence-corrected chi connectivity index (χ4v) is 5.34. The average molecular weight is 478 g/mol. The Morgan fingerprint density at radius 1 is 1.03 bits per heavy atom. The number of anilines is 4. The highest BCUT2D eigenvalue weighted by molar-refractivity contribution is 7.99. The lowest BCUT2D eigenvalue weighted by molar-refractivity contribution is 0.102. The maximum Gasteiger partial charge on any atom is 0.313 e. The molecule has 1 atom stereocenters. The quantitative estimate of drug-likeness (QED) is 0.422. The Bertz CT molecular complexity index is 1180. The van der Waals surface area contributed by atoms with Crippen molar-refractivity contribution in [2.45, 2.75) is 6.42 Å². The van der Waals surface area contributed by atoms with Gasteiger partial charge in [-0.05, 0) is 52.7 Å². The third kappa shape index (κ3) is 4.99. The summed E-state index contributed by atoms with van der Waals surface area (Å²) >= 11 is 12.5. The second kappa shape index (κ2) is 8.84. The van der Waals surface area contributed by atoms with Crippen LogP contribution in [0.3, 0.4) is 0 Å². The minimum Gasteiger partial charge on any atom is -0.355 e. The van der Waals surface area contributed by atoms with Gasteiger partial charge >= 0.3 is 10.4 Å². The predicted octanol–water partition coefficient (Wildman–Crippen LogP) is 5.48. The number of pyridine rings is 1. The molecule has 10 heteroatoms. The van der Waals surface area contributed by atoms with E-state index in [1.165, 1.54) is 10.4 Å². The first-order valence-corrected chi connectivity index (χ1v) is 11.8. The summed E-state index contributed by atoms with van der Waals surface area (Å²) in [7, 11) is -3.12. The maximum absolute atomic E-state index is 12.9. The summed E-state index contributed by atoms with van der Waals surface area (Å²) < 4.78 is 23.9. The number of amides is 1. The van der Waals surface area contributed by atoms with E-state index in [1.54, 1.807) is 42.7 Å². The lowest BCUT2D eigenvalue weighted by Crippen LogP contribution is -2.31. The van der Waals surface area contributed by atoms with Crippen molar-refractivity contribution >= 4 is 62.3 Å². The monoisotopic (exact) mass is 477 g/mol. The number of nitrogens with zero attached hydrogens (tertiary/aromatic N) is 2. The fraction of sp³-hybridized carbons (Fsp3) is 0.143. The number of hydrogen-bond donors (Lipinski definition) is 3. The van der Waals surface area contributed by atoms with Crippen molar-refractivity contribution < 1.29 is 13.6 Å². The standard InChI is InChI=1S/C21H18Cl2N4O3S/c22-14-10-16(25-15-4-6-24-7-5-15)12-17(11-14)26-21(28)19-13-18(2-3-20(19)23)27-8-1-9-31(27,29)30/h2-7,10-13H,1,8-9H2,(H2-,24,25,26,28,29,30)/p+1. The Balaban J connectivity index is 1.57. The SMILES string of the molecule is O=C(Nc1cc(Cl)cc(Nc2ccncc2)c1)c1cc(N2CCC[S+]2(=O)O)ccc1Cl. The van der Waals surface area contributed by atoms with Gasteiger partial charge in [-0.15, -0.1) is 0 Å². The molecule has 7 nitrogen and oxygen atoms in total. The molecule has 1 amide bonds. The molecule has 1 aromatic heterocycles. The number of benzene rings is 2. The van der Waals surface area contributed by atoms with Crippen LogP contribution in [0.5, 0.6) is 0 Å². The molecule has 31 heavy (non-hydrogen) atoms. The Kier molecular flexibility index (Phi) is 6.15. The number of halogens is 2. The Morgan fingerprint density at radius 3 is 2.48 bits per heavy atom. The van der Waals surface area contributed by atoms with Crippen molar-refractivity contribution in [1.82, 2.24) is 4.98 Å². The van der Waals surface area contributed by atoms with E-state index in [2.05, 4.69) is 15.6 Å². The fourth-order valence-electron chi connectivity index (χ4n) is 3.32. The summed E-state index contributed by atoms with van der Waals surface area (Å²) in [4.78, 5) is 16.9. The third-order valence-electron chi connectivity index (χ3n) is 4.72. The van der Waals surface area contributed by atoms with E-state index in [1.807, 2.05) is 12.1 Å². The molecule has 3 aromatic rings. The van der Waals surface area contributed by atoms with Crippen LogP contribution in [0.15, 0.2) is 60.9 Å². The molecule has 0 bridgehead atoms. The molecule has 1 saturated heterocycles. The van der Waals surface area contributed by atoms with Crippen molar-refractivity contribution in [3.8, 4) is 0 Å². The number of aromatic nitrogens is 1. The number of rotatable bonds is 5. The highest BCUT2D eigenvalue weighted by Crippen LogP contribution is 2.31. The summed E-state index contributed by atoms with van der Waals surface area (Å²) in [5.41, 5.74) is 2.66. The minimum atomic E-state index is -3.12. The minimum absolute atomic E-state index is 0.199. The molecular weight excluding hydrogens is 459 g/mol. The molecule has 1 unspecified atom stereocenters. The lowest BCUT2D eigenvalue weighted by Gasteiger charge is -2.16. The van der Waals surface area contributed by atoms with E-state index in [0.29, 0.717) is 35.1 Å². The van der Waals surface area contributed by atoms with E-state index in [4.69, 9.17) is 23.2 Å². The van der Waals surface area contributed by atoms with Gasteiger partial charge in [0.25, 0.3) is 5.91 Å². The molecule has 2 aromatic carbocycles. The lowest BCUT2D eigenvalue weighted by atomic mass is 10.1. The zero-order chi connectivity index (χ0) is 22.0. The summed E-state index contributed by atoms with van der Waals surface area (Å²) in [6.07, 6.45) is 3.93. The highest BCUT2D eigenvalue weighted by Gasteiger charge is 2.41. The van der Waals surface area contributed by atoms with Crippen LogP contribution in [0.4, 0.5) is 22.7 Å². The first kappa shape index (κ1) is 21.6. The zero-order valence-electron chi connectivity index (χ0n) is 16.2. The van der Waals surface area contributed by atoms with Crippen LogP contribution < -0.4 is 14.9 Å². The van der Waals surface area contributed by atoms with Gasteiger partial charge in [0.05, 0.1) is 22.8 Å². The van der Waals surface area contributed by atoms with Crippen molar-refractivity contribution in [3.05, 3.63) is 76.5 Å². The molecule has 2 heterocycles. The van der Waals surface area contributed by atoms with Crippen LogP contribution >= 0.6 is 23.2 Å². The highest BCUT2D eigenvalue weighted by atomic mass is 35.5. The van der Waals surface area contributed by atoms with Crippen molar-refractivity contribution in [3.63, 3.8) is 0 Å². The van der Waals surface area contributed by atoms with Crippen LogP contribution in [-0.4, -0.2) is 27.7 Å². The summed E-state index contributed by atoms with van der Waals surface area (Å²) in [6, 6.07) is 13.4. The molecule has 3 N–H and O–H groups in total. The number of nitrogens with one attached hydrogen (secondary N) is 2. The van der Waals surface area contributed by atoms with Crippen molar-refractivity contribution in [1.29, 1.82) is 0 Å². The van der Waals surface area contributed by atoms with Gasteiger partial charge in [0.1, 0.15) is 0 Å². The van der Waals surface area contributed by atoms with E-state index >= 15 is 0 Å². The molecule has 1 aliphatic rings. The Hall–Kier alpha value is -2.65. The molecular formula is C21H19Cl2N4O3S+. The molecule has 0 saturated carbocycles. The first-order valence-electron chi connectivity index (χ1n) is 9.42. The topological polar surface area (TPSA) is 94.6 Å². The zero-order valence-corrected chi connectivity index (χ0v) is 18.5. The number of carbonyl (C=O) groups excluding carboxylic acids is 1. The van der Waals surface area contributed by atoms with Gasteiger partial charge in [0.2, 0.25) is 0 Å². The molecule has 4 rings (SSSR count). The molecule has 0 aliphatic carbocycles. The van der Waals surface area contributed by atoms with E-state index in [-0.39, 0.29) is 16.3 Å². The van der Waals surface area contributed by atoms with Gasteiger partial charge in [-0.1, -0.05) is 23.2 Å². The molecule has 160 valence electrons. The Morgan fingerprint density at radius 2 is 1.77 bits per heavy atom. The second-order valence-corrected chi connectivity index (χ2v) is 9.88. The summed E-state index contributed by atoms with van der Waals surface area (Å²) in [5, 5.41) is 6.66. The molecule has 0 radical (unpaired) electrons. The van der Waals surface area contributed by atoms with Gasteiger partial charge in [0, 0.05) is 40.9 Å². The van der Waals surface area contributed by atoms with Gasteiger partial charge < -0.3 is 10.6 Å². The maximum atomic E-state index is 12.9. The van der Waals surface area contributed by atoms with E-state index in [0.717, 1.165) is 5.69 Å². The van der Waals surface area contributed by atoms with Gasteiger partial charge in [0.15, 0.2) is 5.75 Å².